The summed E-state index contributed by atoms with van der Waals surface area (Å²) in [5, 5.41) is 14.6. The van der Waals surface area contributed by atoms with Crippen molar-refractivity contribution in [3.63, 3.8) is 0 Å². The number of amides is 1. The van der Waals surface area contributed by atoms with Gasteiger partial charge in [-0.3, -0.25) is 14.9 Å². The molecule has 0 unspecified atom stereocenters. The van der Waals surface area contributed by atoms with Gasteiger partial charge in [0.25, 0.3) is 5.91 Å². The molecule has 0 atom stereocenters. The van der Waals surface area contributed by atoms with Crippen LogP contribution in [0.15, 0.2) is 39.9 Å². The highest BCUT2D eigenvalue weighted by Crippen LogP contribution is 2.20. The topological polar surface area (TPSA) is 97.7 Å². The minimum atomic E-state index is -0.679. The van der Waals surface area contributed by atoms with Crippen molar-refractivity contribution < 1.29 is 14.1 Å². The molecule has 0 saturated carbocycles. The second kappa shape index (κ2) is 6.38. The van der Waals surface area contributed by atoms with E-state index < -0.39 is 16.7 Å². The first kappa shape index (κ1) is 15.0. The van der Waals surface area contributed by atoms with Crippen LogP contribution >= 0.6 is 23.2 Å². The Morgan fingerprint density at radius 3 is 2.76 bits per heavy atom. The SMILES string of the molecule is O=C(N/N=C/c1ccc([N+](=O)[O-])o1)c1cc(Cl)ccc1Cl. The lowest BCUT2D eigenvalue weighted by Gasteiger charge is -2.02. The van der Waals surface area contributed by atoms with Crippen LogP contribution in [-0.4, -0.2) is 17.0 Å². The van der Waals surface area contributed by atoms with E-state index in [0.717, 1.165) is 6.21 Å². The molecule has 0 aliphatic heterocycles. The molecule has 1 heterocycles. The Kier molecular flexibility index (Phi) is 4.56. The number of rotatable bonds is 4. The summed E-state index contributed by atoms with van der Waals surface area (Å²) in [6.07, 6.45) is 1.13. The van der Waals surface area contributed by atoms with E-state index in [1.54, 1.807) is 6.07 Å². The third-order valence-electron chi connectivity index (χ3n) is 2.32. The van der Waals surface area contributed by atoms with Crippen molar-refractivity contribution in [1.29, 1.82) is 0 Å². The Labute approximate surface area is 128 Å². The van der Waals surface area contributed by atoms with Crippen molar-refractivity contribution in [1.82, 2.24) is 5.43 Å². The Bertz CT molecular complexity index is 727. The van der Waals surface area contributed by atoms with Crippen LogP contribution in [0.1, 0.15) is 16.1 Å². The summed E-state index contributed by atoms with van der Waals surface area (Å²) in [4.78, 5) is 21.6. The number of nitro groups is 1. The van der Waals surface area contributed by atoms with Gasteiger partial charge in [-0.05, 0) is 24.3 Å². The minimum absolute atomic E-state index is 0.124. The van der Waals surface area contributed by atoms with Crippen molar-refractivity contribution >= 4 is 41.2 Å². The van der Waals surface area contributed by atoms with Crippen LogP contribution in [0.25, 0.3) is 0 Å². The number of carbonyl (C=O) groups excluding carboxylic acids is 1. The van der Waals surface area contributed by atoms with Crippen molar-refractivity contribution in [2.75, 3.05) is 0 Å². The molecule has 21 heavy (non-hydrogen) atoms. The normalized spacial score (nSPS) is 10.8. The molecule has 2 aromatic rings. The molecule has 7 nitrogen and oxygen atoms in total. The zero-order valence-corrected chi connectivity index (χ0v) is 11.8. The van der Waals surface area contributed by atoms with Gasteiger partial charge in [0, 0.05) is 5.02 Å². The van der Waals surface area contributed by atoms with E-state index in [0.29, 0.717) is 5.02 Å². The van der Waals surface area contributed by atoms with Crippen LogP contribution in [0.4, 0.5) is 5.88 Å². The van der Waals surface area contributed by atoms with Gasteiger partial charge in [0.1, 0.15) is 4.92 Å². The lowest BCUT2D eigenvalue weighted by atomic mass is 10.2. The molecule has 1 amide bonds. The van der Waals surface area contributed by atoms with Gasteiger partial charge >= 0.3 is 5.88 Å². The van der Waals surface area contributed by atoms with E-state index in [2.05, 4.69) is 10.5 Å². The second-order valence-corrected chi connectivity index (χ2v) is 4.60. The molecule has 108 valence electrons. The highest BCUT2D eigenvalue weighted by Gasteiger charge is 2.11. The number of furan rings is 1. The quantitative estimate of drug-likeness (QED) is 0.529. The number of benzene rings is 1. The molecule has 2 rings (SSSR count). The summed E-state index contributed by atoms with van der Waals surface area (Å²) in [6, 6.07) is 6.95. The first-order chi connectivity index (χ1) is 9.97. The third kappa shape index (κ3) is 3.80. The van der Waals surface area contributed by atoms with Gasteiger partial charge in [-0.2, -0.15) is 5.10 Å². The van der Waals surface area contributed by atoms with Crippen molar-refractivity contribution in [2.45, 2.75) is 0 Å². The second-order valence-electron chi connectivity index (χ2n) is 3.76. The summed E-state index contributed by atoms with van der Waals surface area (Å²) in [5.74, 6) is -0.861. The van der Waals surface area contributed by atoms with Gasteiger partial charge in [0.15, 0.2) is 5.76 Å². The number of halogens is 2. The highest BCUT2D eigenvalue weighted by atomic mass is 35.5. The average molecular weight is 328 g/mol. The highest BCUT2D eigenvalue weighted by molar-refractivity contribution is 6.35. The molecular formula is C12H7Cl2N3O4. The Morgan fingerprint density at radius 2 is 2.10 bits per heavy atom. The standard InChI is InChI=1S/C12H7Cl2N3O4/c13-7-1-3-10(14)9(5-7)12(18)16-15-6-8-2-4-11(21-8)17(19)20/h1-6H,(H,16,18)/b15-6+. The number of hydrogen-bond acceptors (Lipinski definition) is 5. The summed E-state index contributed by atoms with van der Waals surface area (Å²) in [6.45, 7) is 0. The fourth-order valence-corrected chi connectivity index (χ4v) is 1.77. The molecule has 9 heteroatoms. The van der Waals surface area contributed by atoms with Gasteiger partial charge < -0.3 is 4.42 Å². The number of nitrogens with one attached hydrogen (secondary N) is 1. The average Bonchev–Trinajstić information content (AvgIpc) is 2.90. The zero-order chi connectivity index (χ0) is 15.4. The van der Waals surface area contributed by atoms with Gasteiger partial charge in [0.05, 0.1) is 22.9 Å². The van der Waals surface area contributed by atoms with Crippen molar-refractivity contribution in [2.24, 2.45) is 5.10 Å². The maximum atomic E-state index is 11.8. The molecule has 1 aromatic carbocycles. The van der Waals surface area contributed by atoms with Crippen LogP contribution in [0.2, 0.25) is 10.0 Å². The van der Waals surface area contributed by atoms with E-state index in [9.17, 15) is 14.9 Å². The van der Waals surface area contributed by atoms with Gasteiger partial charge in [-0.1, -0.05) is 23.2 Å². The maximum absolute atomic E-state index is 11.8. The Morgan fingerprint density at radius 1 is 1.33 bits per heavy atom. The van der Waals surface area contributed by atoms with Crippen LogP contribution < -0.4 is 5.43 Å². The van der Waals surface area contributed by atoms with E-state index in [1.165, 1.54) is 24.3 Å². The lowest BCUT2D eigenvalue weighted by Crippen LogP contribution is -2.18. The predicted octanol–water partition coefficient (Wildman–Crippen LogP) is 3.26. The maximum Gasteiger partial charge on any atom is 0.433 e. The summed E-state index contributed by atoms with van der Waals surface area (Å²) < 4.78 is 4.83. The van der Waals surface area contributed by atoms with Crippen molar-refractivity contribution in [3.8, 4) is 0 Å². The fourth-order valence-electron chi connectivity index (χ4n) is 1.40. The molecule has 0 aliphatic carbocycles. The van der Waals surface area contributed by atoms with Gasteiger partial charge in [-0.15, -0.1) is 0 Å². The van der Waals surface area contributed by atoms with Gasteiger partial charge in [0.2, 0.25) is 0 Å². The summed E-state index contributed by atoms with van der Waals surface area (Å²) in [7, 11) is 0. The fraction of sp³-hybridized carbons (Fsp3) is 0. The molecule has 0 spiro atoms. The molecule has 0 bridgehead atoms. The number of hydrogen-bond donors (Lipinski definition) is 1. The van der Waals surface area contributed by atoms with Crippen LogP contribution in [-0.2, 0) is 0 Å². The minimum Gasteiger partial charge on any atom is -0.400 e. The Hall–Kier alpha value is -2.38. The molecule has 1 N–H and O–H groups in total. The lowest BCUT2D eigenvalue weighted by molar-refractivity contribution is -0.402. The smallest absolute Gasteiger partial charge is 0.400 e. The number of nitrogens with zero attached hydrogens (tertiary/aromatic N) is 2. The van der Waals surface area contributed by atoms with E-state index in [4.69, 9.17) is 27.6 Å². The van der Waals surface area contributed by atoms with E-state index in [-0.39, 0.29) is 16.3 Å². The molecule has 0 radical (unpaired) electrons. The zero-order valence-electron chi connectivity index (χ0n) is 10.2. The molecular weight excluding hydrogens is 321 g/mol. The molecule has 1 aromatic heterocycles. The van der Waals surface area contributed by atoms with Crippen molar-refractivity contribution in [3.05, 3.63) is 61.8 Å². The van der Waals surface area contributed by atoms with Crippen LogP contribution in [0.3, 0.4) is 0 Å². The molecule has 0 saturated heterocycles. The Balaban J connectivity index is 2.04. The van der Waals surface area contributed by atoms with E-state index >= 15 is 0 Å². The molecule has 0 fully saturated rings. The molecule has 0 aliphatic rings. The summed E-state index contributed by atoms with van der Waals surface area (Å²) in [5.41, 5.74) is 2.37. The monoisotopic (exact) mass is 327 g/mol. The first-order valence-corrected chi connectivity index (χ1v) is 6.25. The number of carbonyl (C=O) groups is 1. The van der Waals surface area contributed by atoms with Crippen LogP contribution in [0.5, 0.6) is 0 Å². The van der Waals surface area contributed by atoms with Crippen LogP contribution in [0, 0.1) is 10.1 Å². The summed E-state index contributed by atoms with van der Waals surface area (Å²) >= 11 is 11.6. The van der Waals surface area contributed by atoms with E-state index in [1.807, 2.05) is 0 Å². The van der Waals surface area contributed by atoms with Gasteiger partial charge in [-0.25, -0.2) is 5.43 Å². The first-order valence-electron chi connectivity index (χ1n) is 5.50. The predicted molar refractivity (Wildman–Crippen MR) is 76.9 cm³/mol. The number of hydrazone groups is 1. The largest absolute Gasteiger partial charge is 0.433 e. The third-order valence-corrected chi connectivity index (χ3v) is 2.89.